The lowest BCUT2D eigenvalue weighted by Crippen LogP contribution is -2.05. The molecule has 0 aromatic carbocycles. The molecule has 0 fully saturated rings. The predicted octanol–water partition coefficient (Wildman–Crippen LogP) is 6.30. The molecule has 0 aliphatic heterocycles. The van der Waals surface area contributed by atoms with Crippen LogP contribution in [-0.2, 0) is 4.79 Å². The van der Waals surface area contributed by atoms with Crippen LogP contribution < -0.4 is 0 Å². The highest BCUT2D eigenvalue weighted by Gasteiger charge is 2.08. The van der Waals surface area contributed by atoms with Crippen LogP contribution in [0.5, 0.6) is 0 Å². The molecule has 0 saturated carbocycles. The molecular formula is C18H36O. The number of carbonyl (C=O) groups excluding carboxylic acids is 1. The van der Waals surface area contributed by atoms with Gasteiger partial charge in [-0.25, -0.2) is 0 Å². The second-order valence-electron chi connectivity index (χ2n) is 6.22. The zero-order valence-electron chi connectivity index (χ0n) is 13.7. The second kappa shape index (κ2) is 14.1. The van der Waals surface area contributed by atoms with E-state index < -0.39 is 0 Å². The lowest BCUT2D eigenvalue weighted by molar-refractivity contribution is -0.120. The van der Waals surface area contributed by atoms with Crippen LogP contribution in [0.3, 0.4) is 0 Å². The van der Waals surface area contributed by atoms with E-state index >= 15 is 0 Å². The highest BCUT2D eigenvalue weighted by Crippen LogP contribution is 2.16. The van der Waals surface area contributed by atoms with Gasteiger partial charge in [-0.15, -0.1) is 0 Å². The van der Waals surface area contributed by atoms with E-state index in [1.165, 1.54) is 64.2 Å². The molecule has 0 heterocycles. The number of hydrogen-bond donors (Lipinski definition) is 0. The van der Waals surface area contributed by atoms with Gasteiger partial charge >= 0.3 is 0 Å². The molecule has 0 aromatic rings. The molecule has 1 atom stereocenters. The molecule has 0 bridgehead atoms. The number of Topliss-reactive ketones (excluding diaryl/α,β-unsaturated/α-hetero) is 1. The highest BCUT2D eigenvalue weighted by atomic mass is 16.1. The summed E-state index contributed by atoms with van der Waals surface area (Å²) >= 11 is 0. The molecule has 0 aliphatic rings. The summed E-state index contributed by atoms with van der Waals surface area (Å²) in [7, 11) is 0. The van der Waals surface area contributed by atoms with Crippen LogP contribution in [0.15, 0.2) is 0 Å². The number of hydrogen-bond acceptors (Lipinski definition) is 1. The summed E-state index contributed by atoms with van der Waals surface area (Å²) in [5.74, 6) is 1.10. The maximum Gasteiger partial charge on any atom is 0.133 e. The third-order valence-electron chi connectivity index (χ3n) is 3.94. The van der Waals surface area contributed by atoms with Gasteiger partial charge in [0.05, 0.1) is 0 Å². The van der Waals surface area contributed by atoms with Crippen molar-refractivity contribution in [1.29, 1.82) is 0 Å². The van der Waals surface area contributed by atoms with Crippen molar-refractivity contribution in [2.45, 2.75) is 104 Å². The van der Waals surface area contributed by atoms with Gasteiger partial charge in [-0.1, -0.05) is 85.0 Å². The van der Waals surface area contributed by atoms with Crippen LogP contribution in [-0.4, -0.2) is 5.78 Å². The third kappa shape index (κ3) is 13.9. The van der Waals surface area contributed by atoms with Gasteiger partial charge in [-0.2, -0.15) is 0 Å². The van der Waals surface area contributed by atoms with E-state index in [4.69, 9.17) is 0 Å². The smallest absolute Gasteiger partial charge is 0.133 e. The molecule has 0 aliphatic carbocycles. The zero-order chi connectivity index (χ0) is 14.3. The van der Waals surface area contributed by atoms with Crippen molar-refractivity contribution < 1.29 is 4.79 Å². The summed E-state index contributed by atoms with van der Waals surface area (Å²) in [5, 5.41) is 0. The molecule has 0 saturated heterocycles. The first-order valence-corrected chi connectivity index (χ1v) is 8.72. The van der Waals surface area contributed by atoms with Crippen LogP contribution in [0.2, 0.25) is 0 Å². The lowest BCUT2D eigenvalue weighted by atomic mass is 9.95. The average Bonchev–Trinajstić information content (AvgIpc) is 2.39. The van der Waals surface area contributed by atoms with Crippen molar-refractivity contribution in [2.75, 3.05) is 0 Å². The van der Waals surface area contributed by atoms with E-state index in [-0.39, 0.29) is 0 Å². The molecule has 114 valence electrons. The number of carbonyl (C=O) groups is 1. The van der Waals surface area contributed by atoms with Gasteiger partial charge in [0.1, 0.15) is 5.78 Å². The van der Waals surface area contributed by atoms with Crippen LogP contribution in [0, 0.1) is 5.92 Å². The van der Waals surface area contributed by atoms with Gasteiger partial charge in [-0.3, -0.25) is 4.79 Å². The lowest BCUT2D eigenvalue weighted by Gasteiger charge is -2.10. The third-order valence-corrected chi connectivity index (χ3v) is 3.94. The Hall–Kier alpha value is -0.330. The molecule has 0 aromatic heterocycles. The summed E-state index contributed by atoms with van der Waals surface area (Å²) in [6, 6.07) is 0. The standard InChI is InChI=1S/C18H36O/c1-4-6-8-10-11-13-15-18(19)16-17(3)14-12-9-7-5-2/h17H,4-16H2,1-3H3. The monoisotopic (exact) mass is 268 g/mol. The SMILES string of the molecule is CCCCCCCCC(=O)CC(C)CCCCCC. The maximum atomic E-state index is 11.8. The molecule has 1 unspecified atom stereocenters. The van der Waals surface area contributed by atoms with E-state index in [0.29, 0.717) is 11.7 Å². The van der Waals surface area contributed by atoms with Crippen LogP contribution in [0.25, 0.3) is 0 Å². The molecule has 0 radical (unpaired) electrons. The van der Waals surface area contributed by atoms with Crippen LogP contribution >= 0.6 is 0 Å². The Morgan fingerprint density at radius 3 is 1.95 bits per heavy atom. The van der Waals surface area contributed by atoms with Crippen molar-refractivity contribution in [3.8, 4) is 0 Å². The number of rotatable bonds is 14. The zero-order valence-corrected chi connectivity index (χ0v) is 13.7. The maximum absolute atomic E-state index is 11.8. The topological polar surface area (TPSA) is 17.1 Å². The Morgan fingerprint density at radius 1 is 0.789 bits per heavy atom. The van der Waals surface area contributed by atoms with Crippen molar-refractivity contribution >= 4 is 5.78 Å². The fourth-order valence-corrected chi connectivity index (χ4v) is 2.61. The quantitative estimate of drug-likeness (QED) is 0.338. The molecule has 1 nitrogen and oxygen atoms in total. The average molecular weight is 268 g/mol. The predicted molar refractivity (Wildman–Crippen MR) is 85.5 cm³/mol. The summed E-state index contributed by atoms with van der Waals surface area (Å²) in [6.07, 6.45) is 15.8. The number of unbranched alkanes of at least 4 members (excludes halogenated alkanes) is 8. The molecule has 0 amide bonds. The van der Waals surface area contributed by atoms with Gasteiger partial charge in [-0.05, 0) is 12.3 Å². The molecule has 0 spiro atoms. The molecule has 19 heavy (non-hydrogen) atoms. The van der Waals surface area contributed by atoms with Crippen molar-refractivity contribution in [3.63, 3.8) is 0 Å². The second-order valence-corrected chi connectivity index (χ2v) is 6.22. The van der Waals surface area contributed by atoms with Gasteiger partial charge < -0.3 is 0 Å². The van der Waals surface area contributed by atoms with E-state index in [1.54, 1.807) is 0 Å². The Bertz CT molecular complexity index is 198. The van der Waals surface area contributed by atoms with E-state index in [9.17, 15) is 4.79 Å². The first-order chi connectivity index (χ1) is 9.20. The summed E-state index contributed by atoms with van der Waals surface area (Å²) < 4.78 is 0. The summed E-state index contributed by atoms with van der Waals surface area (Å²) in [4.78, 5) is 11.8. The van der Waals surface area contributed by atoms with Gasteiger partial charge in [0.25, 0.3) is 0 Å². The summed E-state index contributed by atoms with van der Waals surface area (Å²) in [6.45, 7) is 6.73. The van der Waals surface area contributed by atoms with E-state index in [2.05, 4.69) is 20.8 Å². The Labute approximate surface area is 121 Å². The molecule has 0 N–H and O–H groups in total. The van der Waals surface area contributed by atoms with Crippen LogP contribution in [0.1, 0.15) is 104 Å². The minimum atomic E-state index is 0.499. The largest absolute Gasteiger partial charge is 0.300 e. The van der Waals surface area contributed by atoms with Crippen LogP contribution in [0.4, 0.5) is 0 Å². The van der Waals surface area contributed by atoms with Crippen molar-refractivity contribution in [1.82, 2.24) is 0 Å². The molecular weight excluding hydrogens is 232 g/mol. The minimum Gasteiger partial charge on any atom is -0.300 e. The minimum absolute atomic E-state index is 0.499. The van der Waals surface area contributed by atoms with Gasteiger partial charge in [0, 0.05) is 12.8 Å². The first kappa shape index (κ1) is 18.7. The Balaban J connectivity index is 3.36. The summed E-state index contributed by atoms with van der Waals surface area (Å²) in [5.41, 5.74) is 0. The Morgan fingerprint density at radius 2 is 1.32 bits per heavy atom. The molecule has 1 heteroatoms. The fraction of sp³-hybridized carbons (Fsp3) is 0.944. The Kier molecular flexibility index (Phi) is 13.8. The van der Waals surface area contributed by atoms with Crippen molar-refractivity contribution in [3.05, 3.63) is 0 Å². The fourth-order valence-electron chi connectivity index (χ4n) is 2.61. The normalized spacial score (nSPS) is 12.6. The van der Waals surface area contributed by atoms with E-state index in [1.807, 2.05) is 0 Å². The number of ketones is 1. The van der Waals surface area contributed by atoms with Gasteiger partial charge in [0.15, 0.2) is 0 Å². The molecule has 0 rings (SSSR count). The van der Waals surface area contributed by atoms with Gasteiger partial charge in [0.2, 0.25) is 0 Å². The van der Waals surface area contributed by atoms with Crippen molar-refractivity contribution in [2.24, 2.45) is 5.92 Å². The first-order valence-electron chi connectivity index (χ1n) is 8.72. The van der Waals surface area contributed by atoms with E-state index in [0.717, 1.165) is 19.3 Å². The highest BCUT2D eigenvalue weighted by molar-refractivity contribution is 5.78.